The van der Waals surface area contributed by atoms with E-state index in [9.17, 15) is 18.5 Å². The smallest absolute Gasteiger partial charge is 0.466 e. The van der Waals surface area contributed by atoms with Gasteiger partial charge < -0.3 is 19.1 Å². The number of carbonyl (C=O) groups excluding carboxylic acids is 2. The van der Waals surface area contributed by atoms with Gasteiger partial charge in [0.2, 0.25) is 0 Å². The summed E-state index contributed by atoms with van der Waals surface area (Å²) in [6.45, 7) is 5.17. The number of nitrogens with zero attached hydrogens (tertiary/aromatic N) is 2. The van der Waals surface area contributed by atoms with E-state index in [0.717, 1.165) is 32.0 Å². The maximum absolute atomic E-state index is 14.1. The number of aliphatic imine (C=N–C) groups is 1. The van der Waals surface area contributed by atoms with Gasteiger partial charge in [0.15, 0.2) is 16.6 Å². The topological polar surface area (TPSA) is 125 Å². The number of hydrogen-bond donors (Lipinski definition) is 1. The number of phosphoric ester groups is 1. The second-order valence-corrected chi connectivity index (χ2v) is 16.8. The number of amidine groups is 1. The van der Waals surface area contributed by atoms with Gasteiger partial charge in [-0.15, -0.1) is 11.3 Å². The molecule has 284 valence electrons. The van der Waals surface area contributed by atoms with Crippen LogP contribution in [0, 0.1) is 11.7 Å². The summed E-state index contributed by atoms with van der Waals surface area (Å²) in [5, 5.41) is 7.38. The van der Waals surface area contributed by atoms with Crippen LogP contribution in [0.2, 0.25) is 5.02 Å². The van der Waals surface area contributed by atoms with Crippen molar-refractivity contribution in [2.45, 2.75) is 33.2 Å². The third kappa shape index (κ3) is 7.10. The number of benzene rings is 5. The van der Waals surface area contributed by atoms with Gasteiger partial charge in [0.05, 0.1) is 17.6 Å². The number of rotatable bonds is 9. The predicted octanol–water partition coefficient (Wildman–Crippen LogP) is 10.6. The quantitative estimate of drug-likeness (QED) is 0.112. The molecule has 2 aliphatic heterocycles. The highest BCUT2D eigenvalue weighted by atomic mass is 35.5. The van der Waals surface area contributed by atoms with Crippen LogP contribution in [0.3, 0.4) is 0 Å². The van der Waals surface area contributed by atoms with Crippen LogP contribution in [0.5, 0.6) is 11.5 Å². The predicted molar refractivity (Wildman–Crippen MR) is 216 cm³/mol. The van der Waals surface area contributed by atoms with E-state index in [0.29, 0.717) is 44.7 Å². The van der Waals surface area contributed by atoms with Crippen LogP contribution in [0.15, 0.2) is 107 Å². The second-order valence-electron chi connectivity index (χ2n) is 13.8. The molecule has 0 amide bonds. The molecule has 0 aliphatic carbocycles. The molecule has 1 unspecified atom stereocenters. The molecular weight excluding hydrogens is 776 g/mol. The molecule has 0 spiro atoms. The molecule has 14 heteroatoms. The molecule has 0 saturated carbocycles. The van der Waals surface area contributed by atoms with E-state index in [1.807, 2.05) is 68.4 Å². The molecule has 6 aromatic rings. The van der Waals surface area contributed by atoms with E-state index in [1.165, 1.54) is 36.6 Å². The molecule has 0 saturated heterocycles. The third-order valence-corrected chi connectivity index (χ3v) is 12.1. The summed E-state index contributed by atoms with van der Waals surface area (Å²) in [6.07, 6.45) is 2.02. The Labute approximate surface area is 330 Å². The van der Waals surface area contributed by atoms with Gasteiger partial charge in [0.25, 0.3) is 0 Å². The van der Waals surface area contributed by atoms with E-state index in [2.05, 4.69) is 10.3 Å². The van der Waals surface area contributed by atoms with Crippen LogP contribution in [0.25, 0.3) is 43.1 Å². The van der Waals surface area contributed by atoms with Gasteiger partial charge >= 0.3 is 13.8 Å². The number of halogens is 2. The molecule has 5 aromatic carbocycles. The lowest BCUT2D eigenvalue weighted by atomic mass is 9.91. The number of Topliss-reactive ketones (excluding diaryl/α,β-unsaturated/α-hetero) is 1. The third-order valence-electron chi connectivity index (χ3n) is 9.46. The molecule has 1 aromatic heterocycles. The zero-order valence-corrected chi connectivity index (χ0v) is 33.1. The molecule has 0 bridgehead atoms. The van der Waals surface area contributed by atoms with Crippen LogP contribution in [0.1, 0.15) is 43.8 Å². The number of hydrogen-bond acceptors (Lipinski definition) is 11. The Kier molecular flexibility index (Phi) is 10.0. The lowest BCUT2D eigenvalue weighted by molar-refractivity contribution is -0.136. The Hall–Kier alpha value is -5.39. The summed E-state index contributed by atoms with van der Waals surface area (Å²) >= 11 is 7.84. The van der Waals surface area contributed by atoms with Gasteiger partial charge in [-0.05, 0) is 70.3 Å². The standard InChI is InChI=1S/C42H34ClFN3O7PS/c1-22(2)17-28(48)21-52-55(50)53-33-15-10-24-7-5-6-8-29(24)37(33)38-30-13-9-26(18-25(30)11-16-34(38)54-55)35-20-45-41(56-35)40-46-23(3)36(42(49)51-4)39(47-40)31-14-12-27(44)19-32(31)43/h5-16,18-20,22,39H,17,21H2,1-4H3,(H,46,47)/t39-,55?/m0/s1. The molecule has 10 nitrogen and oxygen atoms in total. The molecule has 3 heterocycles. The first-order chi connectivity index (χ1) is 26.9. The van der Waals surface area contributed by atoms with Crippen LogP contribution >= 0.6 is 30.8 Å². The van der Waals surface area contributed by atoms with E-state index >= 15 is 0 Å². The number of ketones is 1. The van der Waals surface area contributed by atoms with Gasteiger partial charge in [-0.3, -0.25) is 14.3 Å². The minimum Gasteiger partial charge on any atom is -0.466 e. The average molecular weight is 810 g/mol. The molecule has 56 heavy (non-hydrogen) atoms. The molecule has 2 atom stereocenters. The van der Waals surface area contributed by atoms with E-state index in [4.69, 9.17) is 34.9 Å². The molecule has 0 radical (unpaired) electrons. The lowest BCUT2D eigenvalue weighted by Gasteiger charge is -2.25. The van der Waals surface area contributed by atoms with Gasteiger partial charge in [-0.25, -0.2) is 18.7 Å². The zero-order chi connectivity index (χ0) is 39.3. The molecule has 8 rings (SSSR count). The van der Waals surface area contributed by atoms with Gasteiger partial charge in [0.1, 0.15) is 30.0 Å². The number of methoxy groups -OCH3 is 1. The number of thiazole rings is 1. The minimum atomic E-state index is -4.29. The molecular formula is C42H34ClFN3O7PS. The number of carbonyl (C=O) groups is 2. The van der Waals surface area contributed by atoms with Crippen LogP contribution < -0.4 is 14.4 Å². The Bertz CT molecular complexity index is 2710. The summed E-state index contributed by atoms with van der Waals surface area (Å²) in [5.74, 6) is -0.158. The van der Waals surface area contributed by atoms with Crippen molar-refractivity contribution in [3.63, 3.8) is 0 Å². The number of phosphoric acid groups is 1. The van der Waals surface area contributed by atoms with Crippen LogP contribution in [-0.2, 0) is 23.4 Å². The van der Waals surface area contributed by atoms with Crippen molar-refractivity contribution in [1.82, 2.24) is 10.3 Å². The van der Waals surface area contributed by atoms with Crippen molar-refractivity contribution in [3.05, 3.63) is 124 Å². The fourth-order valence-electron chi connectivity index (χ4n) is 6.98. The largest absolute Gasteiger partial charge is 0.588 e. The maximum atomic E-state index is 14.1. The zero-order valence-electron chi connectivity index (χ0n) is 30.6. The molecule has 2 aliphatic rings. The van der Waals surface area contributed by atoms with Gasteiger partial charge in [-0.1, -0.05) is 80.0 Å². The summed E-state index contributed by atoms with van der Waals surface area (Å²) < 4.78 is 51.0. The summed E-state index contributed by atoms with van der Waals surface area (Å²) in [7, 11) is -3.00. The summed E-state index contributed by atoms with van der Waals surface area (Å²) in [5.41, 5.74) is 3.45. The normalized spacial score (nSPS) is 17.7. The van der Waals surface area contributed by atoms with Crippen LogP contribution in [-0.4, -0.2) is 36.3 Å². The van der Waals surface area contributed by atoms with Crippen molar-refractivity contribution in [2.75, 3.05) is 13.7 Å². The van der Waals surface area contributed by atoms with Crippen molar-refractivity contribution in [3.8, 4) is 33.1 Å². The first-order valence-electron chi connectivity index (χ1n) is 17.7. The number of nitrogens with one attached hydrogen (secondary N) is 1. The summed E-state index contributed by atoms with van der Waals surface area (Å²) in [4.78, 5) is 35.8. The fourth-order valence-corrected chi connectivity index (χ4v) is 9.35. The number of aromatic nitrogens is 1. The first kappa shape index (κ1) is 37.5. The average Bonchev–Trinajstić information content (AvgIpc) is 3.62. The number of esters is 1. The number of fused-ring (bicyclic) bond motifs is 7. The molecule has 1 N–H and O–H groups in total. The number of ether oxygens (including phenoxy) is 1. The Balaban J connectivity index is 1.18. The monoisotopic (exact) mass is 809 g/mol. The highest BCUT2D eigenvalue weighted by molar-refractivity contribution is 7.49. The molecule has 0 fully saturated rings. The lowest BCUT2D eigenvalue weighted by Crippen LogP contribution is -2.32. The highest BCUT2D eigenvalue weighted by Crippen LogP contribution is 2.59. The first-order valence-corrected chi connectivity index (χ1v) is 20.4. The minimum absolute atomic E-state index is 0.115. The SMILES string of the molecule is COC(=O)C1=C(C)NC(c2ncc(-c3ccc4c5c(ccc4c3)OP(=O)(OCC(=O)CC(C)C)Oc3ccc4ccccc4c3-5)s2)=N[C@H]1c1ccc(F)cc1Cl. The van der Waals surface area contributed by atoms with Gasteiger partial charge in [0, 0.05) is 40.0 Å². The second kappa shape index (κ2) is 14.9. The van der Waals surface area contributed by atoms with Crippen LogP contribution in [0.4, 0.5) is 4.39 Å². The number of allylic oxidation sites excluding steroid dienone is 1. The highest BCUT2D eigenvalue weighted by Gasteiger charge is 2.38. The van der Waals surface area contributed by atoms with E-state index in [-0.39, 0.29) is 28.7 Å². The Morgan fingerprint density at radius 1 is 0.964 bits per heavy atom. The van der Waals surface area contributed by atoms with E-state index < -0.39 is 32.3 Å². The van der Waals surface area contributed by atoms with Crippen molar-refractivity contribution in [1.29, 1.82) is 0 Å². The summed E-state index contributed by atoms with van der Waals surface area (Å²) in [6, 6.07) is 24.1. The maximum Gasteiger partial charge on any atom is 0.588 e. The van der Waals surface area contributed by atoms with E-state index in [1.54, 1.807) is 25.3 Å². The Morgan fingerprint density at radius 2 is 1.68 bits per heavy atom. The van der Waals surface area contributed by atoms with Crippen molar-refractivity contribution < 1.29 is 36.9 Å². The fraction of sp³-hybridized carbons (Fsp3) is 0.190. The van der Waals surface area contributed by atoms with Crippen molar-refractivity contribution >= 4 is 69.9 Å². The van der Waals surface area contributed by atoms with Crippen molar-refractivity contribution in [2.24, 2.45) is 10.9 Å². The van der Waals surface area contributed by atoms with Gasteiger partial charge in [-0.2, -0.15) is 0 Å². The Morgan fingerprint density at radius 3 is 2.39 bits per heavy atom.